The van der Waals surface area contributed by atoms with Gasteiger partial charge in [-0.1, -0.05) is 37.3 Å². The smallest absolute Gasteiger partial charge is 0.251 e. The fourth-order valence-corrected chi connectivity index (χ4v) is 3.43. The Kier molecular flexibility index (Phi) is 7.22. The maximum atomic E-state index is 12.5. The predicted octanol–water partition coefficient (Wildman–Crippen LogP) is 3.62. The summed E-state index contributed by atoms with van der Waals surface area (Å²) in [7, 11) is 0. The molecular weight excluding hydrogens is 376 g/mol. The van der Waals surface area contributed by atoms with Gasteiger partial charge in [-0.3, -0.25) is 9.59 Å². The van der Waals surface area contributed by atoms with Crippen molar-refractivity contribution in [1.82, 2.24) is 20.2 Å². The molecule has 3 aromatic rings. The number of imidazole rings is 1. The summed E-state index contributed by atoms with van der Waals surface area (Å²) < 4.78 is 1.98. The lowest BCUT2D eigenvalue weighted by molar-refractivity contribution is -0.122. The normalized spacial score (nSPS) is 12.0. The highest BCUT2D eigenvalue weighted by atomic mass is 16.2. The Hall–Kier alpha value is -3.15. The third-order valence-corrected chi connectivity index (χ3v) is 5.31. The second-order valence-corrected chi connectivity index (χ2v) is 7.65. The van der Waals surface area contributed by atoms with Gasteiger partial charge in [0.15, 0.2) is 0 Å². The lowest BCUT2D eigenvalue weighted by Gasteiger charge is -2.14. The summed E-state index contributed by atoms with van der Waals surface area (Å²) in [5.74, 6) is 0.789. The molecule has 0 aliphatic carbocycles. The highest BCUT2D eigenvalue weighted by molar-refractivity contribution is 5.95. The molecule has 0 radical (unpaired) electrons. The summed E-state index contributed by atoms with van der Waals surface area (Å²) >= 11 is 0. The van der Waals surface area contributed by atoms with Crippen molar-refractivity contribution >= 4 is 22.8 Å². The molecule has 2 amide bonds. The fourth-order valence-electron chi connectivity index (χ4n) is 3.43. The number of fused-ring (bicyclic) bond motifs is 1. The molecule has 1 atom stereocenters. The van der Waals surface area contributed by atoms with Crippen LogP contribution in [0.2, 0.25) is 0 Å². The van der Waals surface area contributed by atoms with Crippen molar-refractivity contribution in [2.24, 2.45) is 0 Å². The zero-order valence-electron chi connectivity index (χ0n) is 17.9. The number of hydrogen-bond acceptors (Lipinski definition) is 3. The number of carbonyl (C=O) groups excluding carboxylic acids is 2. The van der Waals surface area contributed by atoms with E-state index in [0.717, 1.165) is 35.3 Å². The second-order valence-electron chi connectivity index (χ2n) is 7.65. The van der Waals surface area contributed by atoms with Crippen LogP contribution in [-0.4, -0.2) is 34.0 Å². The number of aromatic nitrogens is 2. The minimum Gasteiger partial charge on any atom is -0.352 e. The number of carbonyl (C=O) groups is 2. The average molecular weight is 407 g/mol. The zero-order valence-corrected chi connectivity index (χ0v) is 17.9. The number of hydrogen-bond donors (Lipinski definition) is 2. The van der Waals surface area contributed by atoms with Gasteiger partial charge in [-0.25, -0.2) is 4.98 Å². The second kappa shape index (κ2) is 10.1. The number of nitrogens with zero attached hydrogens (tertiary/aromatic N) is 2. The molecule has 30 heavy (non-hydrogen) atoms. The Labute approximate surface area is 177 Å². The molecule has 1 heterocycles. The molecule has 0 bridgehead atoms. The van der Waals surface area contributed by atoms with Crippen LogP contribution in [0.25, 0.3) is 11.0 Å². The molecule has 0 aliphatic heterocycles. The van der Waals surface area contributed by atoms with Crippen molar-refractivity contribution in [2.75, 3.05) is 6.54 Å². The first-order chi connectivity index (χ1) is 14.5. The van der Waals surface area contributed by atoms with Gasteiger partial charge in [-0.05, 0) is 50.5 Å². The number of para-hydroxylation sites is 2. The molecule has 0 aliphatic rings. The first-order valence-electron chi connectivity index (χ1n) is 10.6. The lowest BCUT2D eigenvalue weighted by Crippen LogP contribution is -2.35. The Bertz CT molecular complexity index is 1020. The Balaban J connectivity index is 1.64. The van der Waals surface area contributed by atoms with Gasteiger partial charge in [-0.15, -0.1) is 0 Å². The van der Waals surface area contributed by atoms with Crippen LogP contribution in [0.1, 0.15) is 48.4 Å². The first-order valence-corrected chi connectivity index (χ1v) is 10.6. The maximum Gasteiger partial charge on any atom is 0.251 e. The number of benzene rings is 2. The van der Waals surface area contributed by atoms with Gasteiger partial charge in [0.2, 0.25) is 5.91 Å². The number of rotatable bonds is 9. The standard InChI is InChI=1S/C24H30N4O2/c1-4-18(3)26-23(29)16-28-21-13-8-7-12-20(21)27-22(28)14-9-15-25-24(30)19-11-6-5-10-17(19)2/h5-8,10-13,18H,4,9,14-16H2,1-3H3,(H,25,30)(H,26,29). The van der Waals surface area contributed by atoms with Crippen molar-refractivity contribution < 1.29 is 9.59 Å². The monoisotopic (exact) mass is 406 g/mol. The van der Waals surface area contributed by atoms with Crippen molar-refractivity contribution in [2.45, 2.75) is 52.6 Å². The first kappa shape index (κ1) is 21.6. The van der Waals surface area contributed by atoms with Crippen LogP contribution in [0, 0.1) is 6.92 Å². The van der Waals surface area contributed by atoms with Gasteiger partial charge in [0.1, 0.15) is 12.4 Å². The minimum absolute atomic E-state index is 0.0124. The van der Waals surface area contributed by atoms with Gasteiger partial charge in [-0.2, -0.15) is 0 Å². The molecule has 1 unspecified atom stereocenters. The van der Waals surface area contributed by atoms with Crippen molar-refractivity contribution in [3.8, 4) is 0 Å². The van der Waals surface area contributed by atoms with Gasteiger partial charge in [0.05, 0.1) is 11.0 Å². The zero-order chi connectivity index (χ0) is 21.5. The Morgan fingerprint density at radius 2 is 1.83 bits per heavy atom. The Morgan fingerprint density at radius 3 is 2.60 bits per heavy atom. The van der Waals surface area contributed by atoms with E-state index in [2.05, 4.69) is 10.6 Å². The van der Waals surface area contributed by atoms with Crippen molar-refractivity contribution in [1.29, 1.82) is 0 Å². The highest BCUT2D eigenvalue weighted by Gasteiger charge is 2.15. The average Bonchev–Trinajstić information content (AvgIpc) is 3.08. The lowest BCUT2D eigenvalue weighted by atomic mass is 10.1. The van der Waals surface area contributed by atoms with E-state index >= 15 is 0 Å². The molecule has 3 rings (SSSR count). The number of amides is 2. The minimum atomic E-state index is -0.0606. The topological polar surface area (TPSA) is 76.0 Å². The van der Waals surface area contributed by atoms with E-state index in [1.165, 1.54) is 0 Å². The summed E-state index contributed by atoms with van der Waals surface area (Å²) in [4.78, 5) is 29.6. The molecule has 0 fully saturated rings. The molecule has 6 nitrogen and oxygen atoms in total. The van der Waals surface area contributed by atoms with E-state index in [-0.39, 0.29) is 24.4 Å². The molecule has 1 aromatic heterocycles. The molecule has 6 heteroatoms. The molecule has 0 saturated heterocycles. The van der Waals surface area contributed by atoms with Gasteiger partial charge >= 0.3 is 0 Å². The number of aryl methyl sites for hydroxylation is 2. The summed E-state index contributed by atoms with van der Waals surface area (Å²) in [5.41, 5.74) is 3.50. The third-order valence-electron chi connectivity index (χ3n) is 5.31. The predicted molar refractivity (Wildman–Crippen MR) is 119 cm³/mol. The van der Waals surface area contributed by atoms with E-state index in [1.807, 2.05) is 73.9 Å². The summed E-state index contributed by atoms with van der Waals surface area (Å²) in [6.45, 7) is 6.78. The van der Waals surface area contributed by atoms with Crippen LogP contribution in [0.3, 0.4) is 0 Å². The van der Waals surface area contributed by atoms with Crippen LogP contribution in [0.15, 0.2) is 48.5 Å². The van der Waals surface area contributed by atoms with Crippen molar-refractivity contribution in [3.63, 3.8) is 0 Å². The van der Waals surface area contributed by atoms with Crippen LogP contribution in [0.4, 0.5) is 0 Å². The Morgan fingerprint density at radius 1 is 1.10 bits per heavy atom. The van der Waals surface area contributed by atoms with Crippen LogP contribution < -0.4 is 10.6 Å². The molecule has 0 spiro atoms. The quantitative estimate of drug-likeness (QED) is 0.533. The van der Waals surface area contributed by atoms with E-state index in [9.17, 15) is 9.59 Å². The van der Waals surface area contributed by atoms with E-state index < -0.39 is 0 Å². The SMILES string of the molecule is CCC(C)NC(=O)Cn1c(CCCNC(=O)c2ccccc2C)nc2ccccc21. The largest absolute Gasteiger partial charge is 0.352 e. The van der Waals surface area contributed by atoms with Crippen LogP contribution in [0.5, 0.6) is 0 Å². The highest BCUT2D eigenvalue weighted by Crippen LogP contribution is 2.17. The molecule has 158 valence electrons. The number of nitrogens with one attached hydrogen (secondary N) is 2. The fraction of sp³-hybridized carbons (Fsp3) is 0.375. The van der Waals surface area contributed by atoms with Crippen LogP contribution >= 0.6 is 0 Å². The third kappa shape index (κ3) is 5.26. The molecule has 0 saturated carbocycles. The van der Waals surface area contributed by atoms with E-state index in [0.29, 0.717) is 18.5 Å². The molecular formula is C24H30N4O2. The van der Waals surface area contributed by atoms with Gasteiger partial charge in [0.25, 0.3) is 5.91 Å². The van der Waals surface area contributed by atoms with E-state index in [1.54, 1.807) is 0 Å². The van der Waals surface area contributed by atoms with E-state index in [4.69, 9.17) is 4.98 Å². The van der Waals surface area contributed by atoms with Crippen LogP contribution in [-0.2, 0) is 17.8 Å². The van der Waals surface area contributed by atoms with Gasteiger partial charge in [0, 0.05) is 24.6 Å². The van der Waals surface area contributed by atoms with Crippen molar-refractivity contribution in [3.05, 3.63) is 65.5 Å². The molecule has 2 aromatic carbocycles. The maximum absolute atomic E-state index is 12.5. The van der Waals surface area contributed by atoms with Gasteiger partial charge < -0.3 is 15.2 Å². The summed E-state index contributed by atoms with van der Waals surface area (Å²) in [5, 5.41) is 6.00. The molecule has 2 N–H and O–H groups in total. The summed E-state index contributed by atoms with van der Waals surface area (Å²) in [6.07, 6.45) is 2.32. The summed E-state index contributed by atoms with van der Waals surface area (Å²) in [6, 6.07) is 15.6.